The van der Waals surface area contributed by atoms with Crippen molar-refractivity contribution in [2.24, 2.45) is 0 Å². The highest BCUT2D eigenvalue weighted by Gasteiger charge is 2.13. The molecule has 0 aliphatic carbocycles. The molecule has 0 aliphatic rings. The molecule has 1 aromatic carbocycles. The van der Waals surface area contributed by atoms with Gasteiger partial charge in [-0.15, -0.1) is 0 Å². The molecular weight excluding hydrogens is 244 g/mol. The predicted molar refractivity (Wildman–Crippen MR) is 80.7 cm³/mol. The predicted octanol–water partition coefficient (Wildman–Crippen LogP) is 2.91. The van der Waals surface area contributed by atoms with Gasteiger partial charge < -0.3 is 10.6 Å². The van der Waals surface area contributed by atoms with E-state index in [1.165, 1.54) is 0 Å². The van der Waals surface area contributed by atoms with E-state index in [9.17, 15) is 4.79 Å². The van der Waals surface area contributed by atoms with Gasteiger partial charge in [0, 0.05) is 24.0 Å². The average molecular weight is 266 g/mol. The van der Waals surface area contributed by atoms with Crippen LogP contribution in [0.25, 0.3) is 0 Å². The Balaban J connectivity index is 2.84. The molecule has 100 valence electrons. The Morgan fingerprint density at radius 1 is 1.44 bits per heavy atom. The molecule has 1 amide bonds. The minimum Gasteiger partial charge on any atom is -0.385 e. The van der Waals surface area contributed by atoms with Crippen molar-refractivity contribution in [3.63, 3.8) is 0 Å². The first-order valence-electron chi connectivity index (χ1n) is 6.22. The molecule has 1 rings (SSSR count). The van der Waals surface area contributed by atoms with Gasteiger partial charge in [-0.2, -0.15) is 11.8 Å². The number of hydrogen-bond donors (Lipinski definition) is 2. The first-order valence-corrected chi connectivity index (χ1v) is 7.62. The van der Waals surface area contributed by atoms with Crippen molar-refractivity contribution in [1.82, 2.24) is 5.32 Å². The number of amides is 1. The van der Waals surface area contributed by atoms with Crippen molar-refractivity contribution in [3.05, 3.63) is 29.3 Å². The van der Waals surface area contributed by atoms with Crippen LogP contribution in [0.5, 0.6) is 0 Å². The maximum absolute atomic E-state index is 12.2. The lowest BCUT2D eigenvalue weighted by atomic mass is 10.1. The third-order valence-electron chi connectivity index (χ3n) is 2.58. The number of benzene rings is 1. The summed E-state index contributed by atoms with van der Waals surface area (Å²) < 4.78 is 0. The molecule has 0 aliphatic heterocycles. The smallest absolute Gasteiger partial charge is 0.253 e. The Kier molecular flexibility index (Phi) is 6.05. The molecule has 0 spiro atoms. The zero-order valence-electron chi connectivity index (χ0n) is 11.5. The Hall–Kier alpha value is -1.16. The van der Waals surface area contributed by atoms with Gasteiger partial charge in [0.1, 0.15) is 0 Å². The molecule has 0 bridgehead atoms. The van der Waals surface area contributed by atoms with E-state index in [1.807, 2.05) is 45.2 Å². The zero-order chi connectivity index (χ0) is 13.5. The van der Waals surface area contributed by atoms with Crippen LogP contribution in [0.2, 0.25) is 0 Å². The third-order valence-corrected chi connectivity index (χ3v) is 3.41. The van der Waals surface area contributed by atoms with Gasteiger partial charge in [0.2, 0.25) is 0 Å². The van der Waals surface area contributed by atoms with Crippen LogP contribution in [-0.2, 0) is 0 Å². The molecule has 1 aromatic rings. The zero-order valence-corrected chi connectivity index (χ0v) is 12.4. The van der Waals surface area contributed by atoms with Crippen LogP contribution in [0.3, 0.4) is 0 Å². The Morgan fingerprint density at radius 3 is 2.78 bits per heavy atom. The van der Waals surface area contributed by atoms with Crippen LogP contribution >= 0.6 is 11.8 Å². The topological polar surface area (TPSA) is 41.1 Å². The second-order valence-corrected chi connectivity index (χ2v) is 5.32. The molecule has 0 heterocycles. The molecule has 4 heteroatoms. The number of anilines is 1. The van der Waals surface area contributed by atoms with E-state index >= 15 is 0 Å². The summed E-state index contributed by atoms with van der Waals surface area (Å²) in [6.45, 7) is 6.89. The maximum Gasteiger partial charge on any atom is 0.253 e. The van der Waals surface area contributed by atoms with Gasteiger partial charge >= 0.3 is 0 Å². The van der Waals surface area contributed by atoms with Crippen molar-refractivity contribution in [2.75, 3.05) is 23.9 Å². The van der Waals surface area contributed by atoms with Gasteiger partial charge in [-0.3, -0.25) is 4.79 Å². The Bertz CT molecular complexity index is 407. The highest BCUT2D eigenvalue weighted by Crippen LogP contribution is 2.17. The second kappa shape index (κ2) is 7.31. The van der Waals surface area contributed by atoms with Crippen molar-refractivity contribution in [1.29, 1.82) is 0 Å². The lowest BCUT2D eigenvalue weighted by molar-refractivity contribution is 0.0944. The largest absolute Gasteiger partial charge is 0.385 e. The van der Waals surface area contributed by atoms with Crippen LogP contribution in [0.1, 0.15) is 29.8 Å². The second-order valence-electron chi connectivity index (χ2n) is 4.41. The summed E-state index contributed by atoms with van der Waals surface area (Å²) in [5.74, 6) is 0.918. The molecule has 0 radical (unpaired) electrons. The lowest BCUT2D eigenvalue weighted by Gasteiger charge is -2.15. The Labute approximate surface area is 114 Å². The van der Waals surface area contributed by atoms with Crippen molar-refractivity contribution >= 4 is 23.4 Å². The molecule has 18 heavy (non-hydrogen) atoms. The van der Waals surface area contributed by atoms with E-state index in [0.29, 0.717) is 0 Å². The number of nitrogens with one attached hydrogen (secondary N) is 2. The highest BCUT2D eigenvalue weighted by atomic mass is 32.2. The molecule has 0 fully saturated rings. The quantitative estimate of drug-likeness (QED) is 0.832. The number of hydrogen-bond acceptors (Lipinski definition) is 3. The van der Waals surface area contributed by atoms with Gasteiger partial charge in [-0.05, 0) is 44.7 Å². The summed E-state index contributed by atoms with van der Waals surface area (Å²) >= 11 is 1.73. The summed E-state index contributed by atoms with van der Waals surface area (Å²) in [5, 5.41) is 6.25. The summed E-state index contributed by atoms with van der Waals surface area (Å²) in [6, 6.07) is 6.05. The summed E-state index contributed by atoms with van der Waals surface area (Å²) in [6.07, 6.45) is 2.04. The average Bonchev–Trinajstić information content (AvgIpc) is 2.29. The van der Waals surface area contributed by atoms with Crippen molar-refractivity contribution in [3.8, 4) is 0 Å². The van der Waals surface area contributed by atoms with E-state index in [0.717, 1.165) is 29.1 Å². The van der Waals surface area contributed by atoms with Crippen LogP contribution in [-0.4, -0.2) is 30.5 Å². The molecule has 1 atom stereocenters. The SMILES string of the molecule is CCNc1cc(C)ccc1C(=O)NC(C)CSC. The number of carbonyl (C=O) groups is 1. The fourth-order valence-corrected chi connectivity index (χ4v) is 2.37. The van der Waals surface area contributed by atoms with E-state index in [4.69, 9.17) is 0 Å². The molecular formula is C14H22N2OS. The van der Waals surface area contributed by atoms with E-state index < -0.39 is 0 Å². The maximum atomic E-state index is 12.2. The van der Waals surface area contributed by atoms with E-state index in [-0.39, 0.29) is 11.9 Å². The third kappa shape index (κ3) is 4.26. The molecule has 2 N–H and O–H groups in total. The standard InChI is InChI=1S/C14H22N2OS/c1-5-15-13-8-10(2)6-7-12(13)14(17)16-11(3)9-18-4/h6-8,11,15H,5,9H2,1-4H3,(H,16,17). The van der Waals surface area contributed by atoms with Crippen LogP contribution < -0.4 is 10.6 Å². The molecule has 0 saturated heterocycles. The molecule has 0 aromatic heterocycles. The highest BCUT2D eigenvalue weighted by molar-refractivity contribution is 7.98. The van der Waals surface area contributed by atoms with Gasteiger partial charge in [-0.25, -0.2) is 0 Å². The minimum absolute atomic E-state index is 0.00694. The number of rotatable bonds is 6. The summed E-state index contributed by atoms with van der Waals surface area (Å²) in [5.41, 5.74) is 2.78. The lowest BCUT2D eigenvalue weighted by Crippen LogP contribution is -2.34. The number of carbonyl (C=O) groups excluding carboxylic acids is 1. The number of aryl methyl sites for hydroxylation is 1. The first-order chi connectivity index (χ1) is 8.58. The summed E-state index contributed by atoms with van der Waals surface area (Å²) in [7, 11) is 0. The normalized spacial score (nSPS) is 12.0. The Morgan fingerprint density at radius 2 is 2.17 bits per heavy atom. The first kappa shape index (κ1) is 14.9. The monoisotopic (exact) mass is 266 g/mol. The molecule has 1 unspecified atom stereocenters. The van der Waals surface area contributed by atoms with Crippen LogP contribution in [0.15, 0.2) is 18.2 Å². The van der Waals surface area contributed by atoms with Gasteiger partial charge in [0.15, 0.2) is 0 Å². The molecule has 0 saturated carbocycles. The fourth-order valence-electron chi connectivity index (χ4n) is 1.79. The molecule has 3 nitrogen and oxygen atoms in total. The fraction of sp³-hybridized carbons (Fsp3) is 0.500. The van der Waals surface area contributed by atoms with Crippen molar-refractivity contribution in [2.45, 2.75) is 26.8 Å². The van der Waals surface area contributed by atoms with E-state index in [1.54, 1.807) is 11.8 Å². The van der Waals surface area contributed by atoms with E-state index in [2.05, 4.69) is 10.6 Å². The van der Waals surface area contributed by atoms with Gasteiger partial charge in [0.25, 0.3) is 5.91 Å². The number of thioether (sulfide) groups is 1. The van der Waals surface area contributed by atoms with Crippen LogP contribution in [0.4, 0.5) is 5.69 Å². The van der Waals surface area contributed by atoms with Crippen LogP contribution in [0, 0.1) is 6.92 Å². The van der Waals surface area contributed by atoms with Gasteiger partial charge in [-0.1, -0.05) is 6.07 Å². The minimum atomic E-state index is -0.00694. The van der Waals surface area contributed by atoms with Gasteiger partial charge in [0.05, 0.1) is 5.56 Å². The van der Waals surface area contributed by atoms with Crippen molar-refractivity contribution < 1.29 is 4.79 Å². The summed E-state index contributed by atoms with van der Waals surface area (Å²) in [4.78, 5) is 12.2.